The Morgan fingerprint density at radius 2 is 0.972 bits per heavy atom. The number of aryl methyl sites for hydroxylation is 1. The third kappa shape index (κ3) is 22.2. The number of amides is 4. The molecule has 7 aliphatic heterocycles. The maximum Gasteiger partial charge on any atom is 0.329 e. The Kier molecular flexibility index (Phi) is 32.2. The van der Waals surface area contributed by atoms with Crippen LogP contribution in [0.4, 0.5) is 25.7 Å². The molecule has 4 fully saturated rings. The van der Waals surface area contributed by atoms with Crippen molar-refractivity contribution >= 4 is 192 Å². The van der Waals surface area contributed by atoms with Gasteiger partial charge >= 0.3 is 5.97 Å². The lowest BCUT2D eigenvalue weighted by Crippen LogP contribution is -2.52. The second kappa shape index (κ2) is 45.5. The number of hydrogen-bond donors (Lipinski definition) is 4. The predicted octanol–water partition coefficient (Wildman–Crippen LogP) is 22.5. The molecule has 4 amide bonds. The first kappa shape index (κ1) is 99.8. The summed E-state index contributed by atoms with van der Waals surface area (Å²) in [6.07, 6.45) is 5.16. The van der Waals surface area contributed by atoms with Crippen molar-refractivity contribution in [3.05, 3.63) is 334 Å². The van der Waals surface area contributed by atoms with E-state index in [0.29, 0.717) is 94.6 Å². The van der Waals surface area contributed by atoms with E-state index in [1.807, 2.05) is 142 Å². The molecule has 13 heterocycles. The van der Waals surface area contributed by atoms with Crippen LogP contribution >= 0.6 is 115 Å². The van der Waals surface area contributed by atoms with Gasteiger partial charge in [0.25, 0.3) is 17.7 Å². The average Bonchev–Trinajstić information content (AvgIpc) is 1.63. The number of carbonyl (C=O) groups is 7. The lowest BCUT2D eigenvalue weighted by molar-refractivity contribution is -0.146. The van der Waals surface area contributed by atoms with E-state index in [9.17, 15) is 33.6 Å². The highest BCUT2D eigenvalue weighted by atomic mass is 35.5. The number of esters is 1. The van der Waals surface area contributed by atoms with Gasteiger partial charge in [-0.05, 0) is 196 Å². The number of morpholine rings is 4. The Labute approximate surface area is 863 Å². The zero-order valence-corrected chi connectivity index (χ0v) is 85.6. The molecule has 22 nitrogen and oxygen atoms in total. The molecule has 0 bridgehead atoms. The maximum absolute atomic E-state index is 12.9. The van der Waals surface area contributed by atoms with E-state index in [0.717, 1.165) is 196 Å². The number of rotatable bonds is 14. The van der Waals surface area contributed by atoms with Crippen LogP contribution in [0.15, 0.2) is 200 Å². The van der Waals surface area contributed by atoms with Gasteiger partial charge in [-0.3, -0.25) is 33.8 Å². The number of carbonyl (C=O) groups excluding carboxylic acids is 7. The Hall–Kier alpha value is -11.3. The first-order chi connectivity index (χ1) is 68.6. The largest absolute Gasteiger partial charge is 0.464 e. The second-order valence-corrected chi connectivity index (χ2v) is 42.5. The summed E-state index contributed by atoms with van der Waals surface area (Å²) in [4.78, 5) is 111. The number of ketones is 2. The summed E-state index contributed by atoms with van der Waals surface area (Å²) < 4.78 is 27.3. The first-order valence-corrected chi connectivity index (χ1v) is 53.0. The minimum Gasteiger partial charge on any atom is -0.464 e. The van der Waals surface area contributed by atoms with Crippen LogP contribution in [0.1, 0.15) is 196 Å². The molecule has 724 valence electrons. The van der Waals surface area contributed by atoms with Crippen molar-refractivity contribution in [2.75, 3.05) is 138 Å². The smallest absolute Gasteiger partial charge is 0.329 e. The normalized spacial score (nSPS) is 20.1. The lowest BCUT2D eigenvalue weighted by atomic mass is 9.80. The second-order valence-electron chi connectivity index (χ2n) is 35.3. The van der Waals surface area contributed by atoms with Gasteiger partial charge in [0.2, 0.25) is 11.6 Å². The molecule has 2 aliphatic carbocycles. The van der Waals surface area contributed by atoms with Crippen LogP contribution in [0.25, 0.3) is 26.1 Å². The van der Waals surface area contributed by atoms with Crippen LogP contribution in [0, 0.1) is 25.3 Å². The lowest BCUT2D eigenvalue weighted by Gasteiger charge is -2.31. The zero-order chi connectivity index (χ0) is 98.1. The third-order valence-corrected chi connectivity index (χ3v) is 34.1. The van der Waals surface area contributed by atoms with Crippen LogP contribution in [-0.2, 0) is 33.3 Å². The SMILES string of the molecule is CCCOC(=O)[C@@H]1NC(=O)c2sc(N3CCOCC3)cc2[C@H]1c1ccc(Cl)cc1.CNC(=O)[C@@H]1NC(=O)c2sc(-c3ccnc(C)c3)cc2[C@H]1c1ccc(Cl)cc1.C[C@@H]1NC(=O)c2sc(N3CCOCC3)cc2[C@H]1c1ccc(Cl)c(Cl)c1.O=C1CCC(c2ccc(Cl)cc2)c2c1sc(N1CCOCC1)c2C#Cc1ccccc1.[C-]#[N+]c1c(N2CCOCC2)sc2c1C(c1ccc3ccccc3c1)CCC2=O. The van der Waals surface area contributed by atoms with Gasteiger partial charge in [-0.25, -0.2) is 9.64 Å². The molecule has 0 spiro atoms. The summed E-state index contributed by atoms with van der Waals surface area (Å²) >= 11 is 38.1. The van der Waals surface area contributed by atoms with Crippen molar-refractivity contribution in [1.82, 2.24) is 26.3 Å². The average molecular weight is 2080 g/mol. The first-order valence-electron chi connectivity index (χ1n) is 47.1. The monoisotopic (exact) mass is 2080 g/mol. The molecule has 8 atom stereocenters. The molecule has 9 aliphatic rings. The van der Waals surface area contributed by atoms with Crippen molar-refractivity contribution in [3.63, 3.8) is 0 Å². The number of fused-ring (bicyclic) bond motifs is 6. The molecule has 7 aromatic carbocycles. The molecule has 22 rings (SSSR count). The minimum absolute atomic E-state index is 0.00307. The summed E-state index contributed by atoms with van der Waals surface area (Å²) in [6, 6.07) is 62.1. The van der Waals surface area contributed by atoms with Crippen molar-refractivity contribution < 1.29 is 57.2 Å². The van der Waals surface area contributed by atoms with E-state index in [4.69, 9.17) is 88.3 Å². The van der Waals surface area contributed by atoms with Gasteiger partial charge in [0.15, 0.2) is 11.6 Å². The van der Waals surface area contributed by atoms with Crippen molar-refractivity contribution in [3.8, 4) is 22.3 Å². The molecule has 4 N–H and O–H groups in total. The summed E-state index contributed by atoms with van der Waals surface area (Å²) in [7, 11) is 1.57. The Morgan fingerprint density at radius 3 is 1.53 bits per heavy atom. The van der Waals surface area contributed by atoms with E-state index in [2.05, 4.69) is 111 Å². The number of anilines is 4. The molecule has 13 aromatic rings. The minimum atomic E-state index is -0.769. The number of hydrogen-bond acceptors (Lipinski definition) is 22. The molecule has 32 heteroatoms. The summed E-state index contributed by atoms with van der Waals surface area (Å²) in [6.45, 7) is 26.1. The molecular weight excluding hydrogens is 1980 g/mol. The molecule has 0 saturated carbocycles. The molecule has 141 heavy (non-hydrogen) atoms. The van der Waals surface area contributed by atoms with Gasteiger partial charge in [0, 0.05) is 145 Å². The number of nitrogens with zero attached hydrogens (tertiary/aromatic N) is 6. The van der Waals surface area contributed by atoms with Gasteiger partial charge in [-0.15, -0.1) is 56.7 Å². The van der Waals surface area contributed by atoms with E-state index >= 15 is 0 Å². The fourth-order valence-electron chi connectivity index (χ4n) is 19.4. The highest BCUT2D eigenvalue weighted by Gasteiger charge is 2.45. The van der Waals surface area contributed by atoms with E-state index in [-0.39, 0.29) is 70.8 Å². The standard InChI is InChI=1S/C26H22ClNO2S.C23H20N2O2S.C21H18ClN3O2S.C21H23ClN2O4S.C18H18Cl2N2O2S/c27-20-9-7-19(8-10-20)21-12-13-23(29)25-24(21)22(11-6-18-4-2-1-3-5-18)26(31-25)28-14-16-30-17-15-28;1-24-21-20-18(17-7-6-15-4-2-3-5-16(15)14-17)8-9-19(26)22(20)28-23(21)25-10-12-27-13-11-25;1-11-9-13(7-8-24-11)16-10-15-17(12-3-5-14(22)6-4-12)18(20(26)23-2)25-21(27)19(15)28-16;1-2-9-28-21(26)18-17(13-3-5-14(22)6-4-13)15-12-16(24-7-10-27-11-8-24)29-19(15)20(25)23-18;1-10-16(11-2-3-13(19)14(20)8-11)12-9-15(22-4-6-24-7-5-22)25-17(12)18(23)21-10/h1-5,7-10,21H,12-17H2;2-7,14,18H,8-13H2;3-10,17-18H,1-2H3,(H,23,26)(H,25,27);3-6,12,17-18H,2,7-11H2,1H3,(H,23,25);2-3,8-10,16H,4-7H2,1H3,(H,21,23)/t;;2*17-,18-;10-,16+/m..110/s1. The number of pyridine rings is 1. The quantitative estimate of drug-likeness (QED) is 0.0449. The number of benzene rings is 7. The third-order valence-electron chi connectivity index (χ3n) is 26.4. The van der Waals surface area contributed by atoms with Gasteiger partial charge in [0.05, 0.1) is 121 Å². The Bertz CT molecular complexity index is 6930. The number of ether oxygens (including phenoxy) is 5. The molecule has 4 saturated heterocycles. The fourth-order valence-corrected chi connectivity index (χ4v) is 26.2. The molecule has 0 radical (unpaired) electrons. The summed E-state index contributed by atoms with van der Waals surface area (Å²) in [5.41, 5.74) is 14.7. The highest BCUT2D eigenvalue weighted by molar-refractivity contribution is 7.20. The van der Waals surface area contributed by atoms with Crippen LogP contribution in [0.2, 0.25) is 25.1 Å². The predicted molar refractivity (Wildman–Crippen MR) is 566 cm³/mol. The molecule has 2 unspecified atom stereocenters. The highest BCUT2D eigenvalue weighted by Crippen LogP contribution is 2.54. The van der Waals surface area contributed by atoms with Crippen molar-refractivity contribution in [2.24, 2.45) is 0 Å². The van der Waals surface area contributed by atoms with E-state index in [1.165, 1.54) is 55.9 Å². The number of likely N-dealkylation sites (N-methyl/N-ethyl adjacent to an activating group) is 1. The summed E-state index contributed by atoms with van der Waals surface area (Å²) in [5, 5.41) is 21.2. The zero-order valence-electron chi connectivity index (χ0n) is 77.7. The van der Waals surface area contributed by atoms with Crippen molar-refractivity contribution in [2.45, 2.75) is 101 Å². The number of aromatic nitrogens is 1. The van der Waals surface area contributed by atoms with Crippen LogP contribution in [0.3, 0.4) is 0 Å². The van der Waals surface area contributed by atoms with Crippen molar-refractivity contribution in [1.29, 1.82) is 0 Å². The van der Waals surface area contributed by atoms with Crippen LogP contribution < -0.4 is 40.9 Å². The van der Waals surface area contributed by atoms with Gasteiger partial charge in [-0.1, -0.05) is 180 Å². The molecule has 6 aromatic heterocycles. The fraction of sp³-hybridized carbons (Fsp3) is 0.312. The van der Waals surface area contributed by atoms with Crippen LogP contribution in [0.5, 0.6) is 0 Å². The number of Topliss-reactive ketones (excluding diaryl/α,β-unsaturated/α-hetero) is 2. The van der Waals surface area contributed by atoms with E-state index in [1.54, 1.807) is 60.2 Å². The molecular formula is C109H101Cl5N10O12S5. The topological polar surface area (TPSA) is 244 Å². The number of thiophene rings is 5. The van der Waals surface area contributed by atoms with Crippen LogP contribution in [-0.4, -0.2) is 183 Å². The number of halogens is 5. The van der Waals surface area contributed by atoms with Gasteiger partial charge in [0.1, 0.15) is 17.1 Å². The maximum atomic E-state index is 12.9. The summed E-state index contributed by atoms with van der Waals surface area (Å²) in [5.74, 6) is 5.82. The van der Waals surface area contributed by atoms with Gasteiger partial charge in [-0.2, -0.15) is 0 Å². The Morgan fingerprint density at radius 1 is 0.489 bits per heavy atom. The Balaban J connectivity index is 0.000000117. The number of nitrogens with one attached hydrogen (secondary N) is 4. The van der Waals surface area contributed by atoms with E-state index < -0.39 is 18.1 Å². The van der Waals surface area contributed by atoms with Gasteiger partial charge < -0.3 is 64.6 Å².